The molecule has 4 N–H and O–H groups in total. The lowest BCUT2D eigenvalue weighted by Gasteiger charge is -2.19. The molecule has 1 amide bonds. The van der Waals surface area contributed by atoms with Gasteiger partial charge in [0.25, 0.3) is 0 Å². The first-order valence-corrected chi connectivity index (χ1v) is 6.57. The average Bonchev–Trinajstić information content (AvgIpc) is 2.84. The zero-order chi connectivity index (χ0) is 15.5. The van der Waals surface area contributed by atoms with Gasteiger partial charge in [-0.25, -0.2) is 9.78 Å². The van der Waals surface area contributed by atoms with Gasteiger partial charge in [0.05, 0.1) is 6.54 Å². The van der Waals surface area contributed by atoms with Crippen LogP contribution in [0.15, 0.2) is 24.3 Å². The Bertz CT molecular complexity index is 613. The van der Waals surface area contributed by atoms with Crippen LogP contribution in [0.5, 0.6) is 0 Å². The molecule has 0 atom stereocenters. The summed E-state index contributed by atoms with van der Waals surface area (Å²) < 4.78 is 5.14. The molecule has 0 saturated carbocycles. The van der Waals surface area contributed by atoms with Crippen LogP contribution in [0.25, 0.3) is 11.4 Å². The first-order chi connectivity index (χ1) is 9.83. The van der Waals surface area contributed by atoms with Crippen LogP contribution in [0, 0.1) is 0 Å². The van der Waals surface area contributed by atoms with E-state index in [9.17, 15) is 4.79 Å². The fourth-order valence-corrected chi connectivity index (χ4v) is 1.61. The number of rotatable bonds is 3. The van der Waals surface area contributed by atoms with Crippen LogP contribution in [-0.2, 0) is 11.3 Å². The Morgan fingerprint density at radius 1 is 1.33 bits per heavy atom. The molecule has 0 aliphatic heterocycles. The second-order valence-corrected chi connectivity index (χ2v) is 5.58. The van der Waals surface area contributed by atoms with Gasteiger partial charge in [-0.05, 0) is 45.0 Å². The number of hydrogen-bond acceptors (Lipinski definition) is 5. The molecular weight excluding hydrogens is 270 g/mol. The molecule has 21 heavy (non-hydrogen) atoms. The zero-order valence-electron chi connectivity index (χ0n) is 12.3. The summed E-state index contributed by atoms with van der Waals surface area (Å²) in [4.78, 5) is 15.8. The van der Waals surface area contributed by atoms with Crippen molar-refractivity contribution >= 4 is 11.8 Å². The highest BCUT2D eigenvalue weighted by Crippen LogP contribution is 2.16. The van der Waals surface area contributed by atoms with Crippen molar-refractivity contribution in [1.29, 1.82) is 0 Å². The number of anilines is 1. The average molecular weight is 289 g/mol. The van der Waals surface area contributed by atoms with Crippen molar-refractivity contribution in [2.45, 2.75) is 32.9 Å². The molecule has 0 aliphatic rings. The summed E-state index contributed by atoms with van der Waals surface area (Å²) >= 11 is 0. The van der Waals surface area contributed by atoms with Crippen LogP contribution in [0.2, 0.25) is 0 Å². The number of amides is 1. The molecule has 1 heterocycles. The predicted octanol–water partition coefficient (Wildman–Crippen LogP) is 2.08. The van der Waals surface area contributed by atoms with Crippen LogP contribution in [0.3, 0.4) is 0 Å². The summed E-state index contributed by atoms with van der Waals surface area (Å²) in [5.41, 5.74) is 6.64. The summed E-state index contributed by atoms with van der Waals surface area (Å²) in [5.74, 6) is 1.10. The standard InChI is InChI=1S/C14H19N5O2/c1-14(2,3)21-13(20)16-8-11-17-12(19-18-11)9-4-6-10(15)7-5-9/h4-7H,8,15H2,1-3H3,(H,16,20)(H,17,18,19). The molecule has 7 nitrogen and oxygen atoms in total. The summed E-state index contributed by atoms with van der Waals surface area (Å²) in [7, 11) is 0. The largest absolute Gasteiger partial charge is 0.444 e. The topological polar surface area (TPSA) is 106 Å². The second kappa shape index (κ2) is 5.82. The molecule has 1 aromatic heterocycles. The Kier molecular flexibility index (Phi) is 4.11. The van der Waals surface area contributed by atoms with Crippen molar-refractivity contribution in [3.8, 4) is 11.4 Å². The van der Waals surface area contributed by atoms with Crippen molar-refractivity contribution in [2.75, 3.05) is 5.73 Å². The van der Waals surface area contributed by atoms with E-state index in [0.29, 0.717) is 17.3 Å². The third-order valence-corrected chi connectivity index (χ3v) is 2.50. The maximum absolute atomic E-state index is 11.5. The fourth-order valence-electron chi connectivity index (χ4n) is 1.61. The first-order valence-electron chi connectivity index (χ1n) is 6.57. The number of H-pyrrole nitrogens is 1. The van der Waals surface area contributed by atoms with Crippen LogP contribution >= 0.6 is 0 Å². The molecule has 0 radical (unpaired) electrons. The summed E-state index contributed by atoms with van der Waals surface area (Å²) in [6.07, 6.45) is -0.493. The van der Waals surface area contributed by atoms with E-state index in [1.54, 1.807) is 32.9 Å². The Hall–Kier alpha value is -2.57. The number of nitrogens with two attached hydrogens (primary N) is 1. The predicted molar refractivity (Wildman–Crippen MR) is 79.3 cm³/mol. The van der Waals surface area contributed by atoms with Gasteiger partial charge in [0.2, 0.25) is 0 Å². The fraction of sp³-hybridized carbons (Fsp3) is 0.357. The molecule has 1 aromatic carbocycles. The minimum Gasteiger partial charge on any atom is -0.444 e. The van der Waals surface area contributed by atoms with Gasteiger partial charge in [-0.1, -0.05) is 0 Å². The van der Waals surface area contributed by atoms with E-state index in [1.165, 1.54) is 0 Å². The summed E-state index contributed by atoms with van der Waals surface area (Å²) in [6.45, 7) is 5.64. The number of benzene rings is 1. The van der Waals surface area contributed by atoms with Crippen molar-refractivity contribution in [3.05, 3.63) is 30.1 Å². The van der Waals surface area contributed by atoms with Crippen molar-refractivity contribution in [1.82, 2.24) is 20.5 Å². The van der Waals surface area contributed by atoms with Gasteiger partial charge < -0.3 is 15.8 Å². The van der Waals surface area contributed by atoms with Crippen LogP contribution in [0.1, 0.15) is 26.6 Å². The maximum atomic E-state index is 11.5. The van der Waals surface area contributed by atoms with Crippen molar-refractivity contribution in [2.24, 2.45) is 0 Å². The number of aromatic nitrogens is 3. The lowest BCUT2D eigenvalue weighted by molar-refractivity contribution is 0.0522. The highest BCUT2D eigenvalue weighted by atomic mass is 16.6. The van der Waals surface area contributed by atoms with Gasteiger partial charge in [0.1, 0.15) is 11.4 Å². The van der Waals surface area contributed by atoms with E-state index in [1.807, 2.05) is 12.1 Å². The number of carbonyl (C=O) groups excluding carboxylic acids is 1. The molecule has 0 spiro atoms. The number of nitrogens with zero attached hydrogens (tertiary/aromatic N) is 2. The Morgan fingerprint density at radius 2 is 2.00 bits per heavy atom. The Balaban J connectivity index is 1.94. The monoisotopic (exact) mass is 289 g/mol. The second-order valence-electron chi connectivity index (χ2n) is 5.58. The number of aromatic amines is 1. The lowest BCUT2D eigenvalue weighted by Crippen LogP contribution is -2.32. The molecule has 2 rings (SSSR count). The van der Waals surface area contributed by atoms with E-state index in [4.69, 9.17) is 10.5 Å². The van der Waals surface area contributed by atoms with Crippen LogP contribution in [0.4, 0.5) is 10.5 Å². The highest BCUT2D eigenvalue weighted by molar-refractivity contribution is 5.67. The van der Waals surface area contributed by atoms with E-state index in [0.717, 1.165) is 5.56 Å². The highest BCUT2D eigenvalue weighted by Gasteiger charge is 2.16. The summed E-state index contributed by atoms with van der Waals surface area (Å²) in [5, 5.41) is 9.49. The molecule has 0 aliphatic carbocycles. The first kappa shape index (κ1) is 14.8. The molecule has 7 heteroatoms. The Morgan fingerprint density at radius 3 is 2.62 bits per heavy atom. The van der Waals surface area contributed by atoms with Gasteiger partial charge >= 0.3 is 6.09 Å². The maximum Gasteiger partial charge on any atom is 0.408 e. The molecule has 2 aromatic rings. The minimum atomic E-state index is -0.527. The molecule has 0 bridgehead atoms. The Labute approximate surface area is 122 Å². The smallest absolute Gasteiger partial charge is 0.408 e. The summed E-state index contributed by atoms with van der Waals surface area (Å²) in [6, 6.07) is 7.24. The lowest BCUT2D eigenvalue weighted by atomic mass is 10.2. The minimum absolute atomic E-state index is 0.219. The van der Waals surface area contributed by atoms with Crippen LogP contribution < -0.4 is 11.1 Å². The number of nitrogen functional groups attached to an aromatic ring is 1. The number of ether oxygens (including phenoxy) is 1. The van der Waals surface area contributed by atoms with Crippen LogP contribution in [-0.4, -0.2) is 26.9 Å². The van der Waals surface area contributed by atoms with Gasteiger partial charge in [0, 0.05) is 11.3 Å². The molecule has 112 valence electrons. The number of alkyl carbamates (subject to hydrolysis) is 1. The van der Waals surface area contributed by atoms with Crippen molar-refractivity contribution < 1.29 is 9.53 Å². The van der Waals surface area contributed by atoms with Crippen molar-refractivity contribution in [3.63, 3.8) is 0 Å². The third-order valence-electron chi connectivity index (χ3n) is 2.50. The number of carbonyl (C=O) groups is 1. The normalized spacial score (nSPS) is 11.2. The van der Waals surface area contributed by atoms with E-state index < -0.39 is 11.7 Å². The van der Waals surface area contributed by atoms with E-state index in [2.05, 4.69) is 20.5 Å². The molecule has 0 fully saturated rings. The zero-order valence-corrected chi connectivity index (χ0v) is 12.3. The molecule has 0 saturated heterocycles. The SMILES string of the molecule is CC(C)(C)OC(=O)NCc1nc(-c2ccc(N)cc2)n[nH]1. The van der Waals surface area contributed by atoms with E-state index >= 15 is 0 Å². The van der Waals surface area contributed by atoms with Gasteiger partial charge in [0.15, 0.2) is 5.82 Å². The van der Waals surface area contributed by atoms with Gasteiger partial charge in [-0.2, -0.15) is 5.10 Å². The molecule has 0 unspecified atom stereocenters. The van der Waals surface area contributed by atoms with Gasteiger partial charge in [-0.15, -0.1) is 0 Å². The number of nitrogens with one attached hydrogen (secondary N) is 2. The van der Waals surface area contributed by atoms with Gasteiger partial charge in [-0.3, -0.25) is 5.10 Å². The van der Waals surface area contributed by atoms with E-state index in [-0.39, 0.29) is 6.54 Å². The third kappa shape index (κ3) is 4.48. The number of hydrogen-bond donors (Lipinski definition) is 3. The quantitative estimate of drug-likeness (QED) is 0.750. The molecular formula is C14H19N5O2.